The number of rotatable bonds is 13. The van der Waals surface area contributed by atoms with Gasteiger partial charge in [-0.25, -0.2) is 9.59 Å². The van der Waals surface area contributed by atoms with Crippen molar-refractivity contribution in [2.45, 2.75) is 64.5 Å². The summed E-state index contributed by atoms with van der Waals surface area (Å²) in [5, 5.41) is 0. The molecule has 0 amide bonds. The van der Waals surface area contributed by atoms with Gasteiger partial charge in [0.25, 0.3) is 0 Å². The lowest BCUT2D eigenvalue weighted by atomic mass is 9.98. The topological polar surface area (TPSA) is 176 Å². The Morgan fingerprint density at radius 3 is 1.67 bits per heavy atom. The van der Waals surface area contributed by atoms with Crippen molar-refractivity contribution >= 4 is 35.8 Å². The van der Waals surface area contributed by atoms with Crippen LogP contribution in [0, 0.1) is 0 Å². The molecule has 0 aromatic heterocycles. The van der Waals surface area contributed by atoms with Crippen LogP contribution in [0.4, 0.5) is 0 Å². The van der Waals surface area contributed by atoms with Gasteiger partial charge >= 0.3 is 35.8 Å². The number of carbonyl (C=O) groups is 6. The van der Waals surface area contributed by atoms with E-state index in [1.54, 1.807) is 48.5 Å². The van der Waals surface area contributed by atoms with Crippen molar-refractivity contribution in [3.05, 3.63) is 71.8 Å². The molecule has 0 spiro atoms. The van der Waals surface area contributed by atoms with E-state index in [1.165, 1.54) is 12.1 Å². The maximum atomic E-state index is 12.9. The van der Waals surface area contributed by atoms with E-state index in [9.17, 15) is 28.8 Å². The van der Waals surface area contributed by atoms with Gasteiger partial charge in [0, 0.05) is 27.7 Å². The standard InChI is InChI=1S/C31H34O14/c1-18(32)38-17-25-26(41-19(2)33)27(42-20(3)34)28(43-21(4)35)31(45-25)40-16-24(44-30(37)23-13-9-6-10-14-23)15-39-29(36)22-11-7-5-8-12-22/h5-14,24-28,31H,15-17H2,1-4H3/t24-,25-,26-,27+,28-,31-/m1/s1. The van der Waals surface area contributed by atoms with Gasteiger partial charge in [-0.2, -0.15) is 0 Å². The Morgan fingerprint density at radius 1 is 0.622 bits per heavy atom. The Morgan fingerprint density at radius 2 is 1.13 bits per heavy atom. The molecule has 14 heteroatoms. The van der Waals surface area contributed by atoms with Crippen molar-refractivity contribution in [1.29, 1.82) is 0 Å². The Kier molecular flexibility index (Phi) is 13.0. The van der Waals surface area contributed by atoms with E-state index >= 15 is 0 Å². The summed E-state index contributed by atoms with van der Waals surface area (Å²) in [6.07, 6.45) is -8.34. The molecule has 1 aliphatic rings. The fourth-order valence-corrected chi connectivity index (χ4v) is 4.26. The highest BCUT2D eigenvalue weighted by atomic mass is 16.7. The summed E-state index contributed by atoms with van der Waals surface area (Å²) >= 11 is 0. The molecule has 0 saturated carbocycles. The Labute approximate surface area is 258 Å². The normalized spacial score (nSPS) is 21.4. The Balaban J connectivity index is 1.88. The average molecular weight is 631 g/mol. The Bertz CT molecular complexity index is 1330. The van der Waals surface area contributed by atoms with Gasteiger partial charge in [0.05, 0.1) is 17.7 Å². The van der Waals surface area contributed by atoms with Gasteiger partial charge in [-0.15, -0.1) is 0 Å². The van der Waals surface area contributed by atoms with Crippen LogP contribution < -0.4 is 0 Å². The number of hydrogen-bond acceptors (Lipinski definition) is 14. The van der Waals surface area contributed by atoms with Crippen molar-refractivity contribution in [1.82, 2.24) is 0 Å². The van der Waals surface area contributed by atoms with Crippen LogP contribution in [0.2, 0.25) is 0 Å². The predicted octanol–water partition coefficient (Wildman–Crippen LogP) is 2.17. The van der Waals surface area contributed by atoms with Gasteiger partial charge in [0.15, 0.2) is 30.7 Å². The van der Waals surface area contributed by atoms with E-state index < -0.39 is 92.4 Å². The summed E-state index contributed by atoms with van der Waals surface area (Å²) in [7, 11) is 0. The molecule has 1 aliphatic heterocycles. The molecule has 0 radical (unpaired) electrons. The summed E-state index contributed by atoms with van der Waals surface area (Å²) in [5.74, 6) is -4.55. The molecule has 2 aromatic rings. The zero-order chi connectivity index (χ0) is 32.9. The van der Waals surface area contributed by atoms with Gasteiger partial charge in [0.1, 0.15) is 19.3 Å². The van der Waals surface area contributed by atoms with E-state index in [0.29, 0.717) is 0 Å². The van der Waals surface area contributed by atoms with Crippen LogP contribution in [-0.4, -0.2) is 92.4 Å². The van der Waals surface area contributed by atoms with Crippen LogP contribution >= 0.6 is 0 Å². The summed E-state index contributed by atoms with van der Waals surface area (Å²) in [4.78, 5) is 73.2. The summed E-state index contributed by atoms with van der Waals surface area (Å²) in [5.41, 5.74) is 0.468. The number of carbonyl (C=O) groups excluding carboxylic acids is 6. The monoisotopic (exact) mass is 630 g/mol. The van der Waals surface area contributed by atoms with Crippen molar-refractivity contribution in [2.75, 3.05) is 19.8 Å². The van der Waals surface area contributed by atoms with Crippen molar-refractivity contribution < 1.29 is 66.7 Å². The van der Waals surface area contributed by atoms with Gasteiger partial charge < -0.3 is 37.9 Å². The first-order chi connectivity index (χ1) is 21.4. The first-order valence-electron chi connectivity index (χ1n) is 13.8. The Hall–Kier alpha value is -4.82. The smallest absolute Gasteiger partial charge is 0.338 e. The third kappa shape index (κ3) is 11.0. The second-order valence-corrected chi connectivity index (χ2v) is 9.76. The summed E-state index contributed by atoms with van der Waals surface area (Å²) in [6, 6.07) is 16.1. The van der Waals surface area contributed by atoms with Crippen LogP contribution in [0.5, 0.6) is 0 Å². The zero-order valence-corrected chi connectivity index (χ0v) is 25.1. The second kappa shape index (κ2) is 16.9. The number of ether oxygens (including phenoxy) is 8. The maximum Gasteiger partial charge on any atom is 0.338 e. The van der Waals surface area contributed by atoms with Gasteiger partial charge in [0.2, 0.25) is 0 Å². The molecule has 0 bridgehead atoms. The molecule has 0 N–H and O–H groups in total. The van der Waals surface area contributed by atoms with Crippen molar-refractivity contribution in [3.8, 4) is 0 Å². The van der Waals surface area contributed by atoms with E-state index in [0.717, 1.165) is 27.7 Å². The fourth-order valence-electron chi connectivity index (χ4n) is 4.26. The highest BCUT2D eigenvalue weighted by molar-refractivity contribution is 5.90. The van der Waals surface area contributed by atoms with Gasteiger partial charge in [-0.3, -0.25) is 19.2 Å². The highest BCUT2D eigenvalue weighted by Gasteiger charge is 2.53. The number of esters is 6. The molecule has 2 aromatic carbocycles. The second-order valence-electron chi connectivity index (χ2n) is 9.76. The molecular weight excluding hydrogens is 596 g/mol. The molecule has 0 aliphatic carbocycles. The molecule has 1 heterocycles. The van der Waals surface area contributed by atoms with Crippen LogP contribution in [0.25, 0.3) is 0 Å². The zero-order valence-electron chi connectivity index (χ0n) is 25.1. The predicted molar refractivity (Wildman–Crippen MR) is 150 cm³/mol. The average Bonchev–Trinajstić information content (AvgIpc) is 3.00. The molecular formula is C31H34O14. The van der Waals surface area contributed by atoms with E-state index in [2.05, 4.69) is 0 Å². The minimum absolute atomic E-state index is 0.212. The summed E-state index contributed by atoms with van der Waals surface area (Å²) in [6.45, 7) is 3.03. The number of benzene rings is 2. The SMILES string of the molecule is CC(=O)OC[C@H]1O[C@@H](OC[C@@H](COC(=O)c2ccccc2)OC(=O)c2ccccc2)[C@H](OC(C)=O)[C@@H](OC(C)=O)[C@@H]1OC(C)=O. The van der Waals surface area contributed by atoms with Crippen molar-refractivity contribution in [2.24, 2.45) is 0 Å². The lowest BCUT2D eigenvalue weighted by Crippen LogP contribution is -2.63. The largest absolute Gasteiger partial charge is 0.463 e. The minimum atomic E-state index is -1.53. The van der Waals surface area contributed by atoms with Crippen LogP contribution in [-0.2, 0) is 57.1 Å². The third-order valence-corrected chi connectivity index (χ3v) is 6.09. The molecule has 0 unspecified atom stereocenters. The minimum Gasteiger partial charge on any atom is -0.463 e. The van der Waals surface area contributed by atoms with Gasteiger partial charge in [-0.05, 0) is 24.3 Å². The molecule has 1 saturated heterocycles. The quantitative estimate of drug-likeness (QED) is 0.232. The van der Waals surface area contributed by atoms with Crippen LogP contribution in [0.15, 0.2) is 60.7 Å². The van der Waals surface area contributed by atoms with E-state index in [-0.39, 0.29) is 11.1 Å². The first-order valence-corrected chi connectivity index (χ1v) is 13.8. The number of hydrogen-bond donors (Lipinski definition) is 0. The van der Waals surface area contributed by atoms with Gasteiger partial charge in [-0.1, -0.05) is 36.4 Å². The molecule has 242 valence electrons. The van der Waals surface area contributed by atoms with Crippen LogP contribution in [0.1, 0.15) is 48.4 Å². The first kappa shape index (κ1) is 34.7. The molecule has 3 rings (SSSR count). The lowest BCUT2D eigenvalue weighted by Gasteiger charge is -2.44. The fraction of sp³-hybridized carbons (Fsp3) is 0.419. The van der Waals surface area contributed by atoms with Crippen LogP contribution in [0.3, 0.4) is 0 Å². The third-order valence-electron chi connectivity index (χ3n) is 6.09. The molecule has 45 heavy (non-hydrogen) atoms. The van der Waals surface area contributed by atoms with Crippen molar-refractivity contribution in [3.63, 3.8) is 0 Å². The summed E-state index contributed by atoms with van der Waals surface area (Å²) < 4.78 is 43.9. The van der Waals surface area contributed by atoms with E-state index in [4.69, 9.17) is 37.9 Å². The molecule has 6 atom stereocenters. The van der Waals surface area contributed by atoms with E-state index in [1.807, 2.05) is 0 Å². The molecule has 1 fully saturated rings. The lowest BCUT2D eigenvalue weighted by molar-refractivity contribution is -0.311. The highest BCUT2D eigenvalue weighted by Crippen LogP contribution is 2.30. The maximum absolute atomic E-state index is 12.9. The molecule has 14 nitrogen and oxygen atoms in total.